The first-order valence-electron chi connectivity index (χ1n) is 6.68. The van der Waals surface area contributed by atoms with E-state index in [1.54, 1.807) is 6.92 Å². The van der Waals surface area contributed by atoms with E-state index >= 15 is 0 Å². The monoisotopic (exact) mass is 276 g/mol. The Morgan fingerprint density at radius 1 is 1.55 bits per heavy atom. The zero-order valence-electron chi connectivity index (χ0n) is 11.5. The highest BCUT2D eigenvalue weighted by molar-refractivity contribution is 5.99. The molecule has 0 radical (unpaired) electrons. The molecule has 1 aliphatic rings. The van der Waals surface area contributed by atoms with Gasteiger partial charge in [-0.05, 0) is 19.8 Å². The van der Waals surface area contributed by atoms with Gasteiger partial charge in [-0.15, -0.1) is 0 Å². The first kappa shape index (κ1) is 13.0. The van der Waals surface area contributed by atoms with Crippen molar-refractivity contribution in [3.63, 3.8) is 0 Å². The Morgan fingerprint density at radius 3 is 3.10 bits per heavy atom. The van der Waals surface area contributed by atoms with Crippen LogP contribution in [0.25, 0.3) is 11.2 Å². The molecule has 0 amide bonds. The van der Waals surface area contributed by atoms with Crippen molar-refractivity contribution in [1.29, 1.82) is 0 Å². The van der Waals surface area contributed by atoms with Crippen molar-refractivity contribution >= 4 is 17.1 Å². The maximum absolute atomic E-state index is 12.0. The van der Waals surface area contributed by atoms with Gasteiger partial charge in [-0.3, -0.25) is 0 Å². The van der Waals surface area contributed by atoms with Crippen LogP contribution in [-0.4, -0.2) is 38.7 Å². The smallest absolute Gasteiger partial charge is 0.359 e. The summed E-state index contributed by atoms with van der Waals surface area (Å²) in [7, 11) is 1.85. The molecule has 7 nitrogen and oxygen atoms in total. The highest BCUT2D eigenvalue weighted by Crippen LogP contribution is 2.30. The summed E-state index contributed by atoms with van der Waals surface area (Å²) >= 11 is 0. The van der Waals surface area contributed by atoms with Gasteiger partial charge in [-0.2, -0.15) is 0 Å². The van der Waals surface area contributed by atoms with Crippen LogP contribution in [0.4, 0.5) is 0 Å². The summed E-state index contributed by atoms with van der Waals surface area (Å²) < 4.78 is 12.5. The molecule has 7 heteroatoms. The number of fused-ring (bicyclic) bond motifs is 1. The third kappa shape index (κ3) is 2.03. The molecule has 1 saturated heterocycles. The van der Waals surface area contributed by atoms with Gasteiger partial charge in [-0.25, -0.2) is 19.7 Å². The van der Waals surface area contributed by atoms with Crippen LogP contribution >= 0.6 is 0 Å². The molecule has 0 bridgehead atoms. The number of nitrogens with zero attached hydrogens (tertiary/aromatic N) is 4. The molecule has 2 aromatic heterocycles. The van der Waals surface area contributed by atoms with E-state index in [1.807, 2.05) is 11.6 Å². The lowest BCUT2D eigenvalue weighted by Gasteiger charge is -2.09. The van der Waals surface area contributed by atoms with Gasteiger partial charge < -0.3 is 14.0 Å². The Hall–Kier alpha value is -2.02. The molecule has 0 saturated carbocycles. The minimum absolute atomic E-state index is 0.0377. The molecule has 3 rings (SSSR count). The van der Waals surface area contributed by atoms with Crippen molar-refractivity contribution in [1.82, 2.24) is 19.5 Å². The number of esters is 1. The molecule has 2 aromatic rings. The summed E-state index contributed by atoms with van der Waals surface area (Å²) in [6.45, 7) is 2.81. The number of aryl methyl sites for hydroxylation is 1. The van der Waals surface area contributed by atoms with Crippen molar-refractivity contribution in [3.8, 4) is 0 Å². The molecule has 20 heavy (non-hydrogen) atoms. The predicted octanol–water partition coefficient (Wildman–Crippen LogP) is 1.39. The lowest BCUT2D eigenvalue weighted by molar-refractivity contribution is 0.0521. The molecule has 1 fully saturated rings. The lowest BCUT2D eigenvalue weighted by atomic mass is 10.2. The molecule has 3 heterocycles. The van der Waals surface area contributed by atoms with E-state index < -0.39 is 5.97 Å². The number of carbonyl (C=O) groups is 1. The number of ether oxygens (including phenoxy) is 2. The van der Waals surface area contributed by atoms with Crippen LogP contribution < -0.4 is 0 Å². The maximum Gasteiger partial charge on any atom is 0.359 e. The zero-order chi connectivity index (χ0) is 14.1. The molecule has 0 aromatic carbocycles. The van der Waals surface area contributed by atoms with E-state index in [1.165, 1.54) is 6.33 Å². The molecule has 0 aliphatic carbocycles. The number of carbonyl (C=O) groups excluding carboxylic acids is 1. The fourth-order valence-corrected chi connectivity index (χ4v) is 2.48. The van der Waals surface area contributed by atoms with Crippen molar-refractivity contribution in [2.45, 2.75) is 25.9 Å². The quantitative estimate of drug-likeness (QED) is 0.788. The topological polar surface area (TPSA) is 79.1 Å². The van der Waals surface area contributed by atoms with Crippen LogP contribution in [0.2, 0.25) is 0 Å². The fraction of sp³-hybridized carbons (Fsp3) is 0.538. The second kappa shape index (κ2) is 5.16. The van der Waals surface area contributed by atoms with Gasteiger partial charge in [0.05, 0.1) is 6.61 Å². The van der Waals surface area contributed by atoms with Crippen LogP contribution in [0.3, 0.4) is 0 Å². The third-order valence-electron chi connectivity index (χ3n) is 3.39. The lowest BCUT2D eigenvalue weighted by Crippen LogP contribution is -2.11. The summed E-state index contributed by atoms with van der Waals surface area (Å²) in [5, 5.41) is 0. The van der Waals surface area contributed by atoms with Gasteiger partial charge in [0.15, 0.2) is 11.3 Å². The fourth-order valence-electron chi connectivity index (χ4n) is 2.48. The van der Waals surface area contributed by atoms with Gasteiger partial charge in [0.1, 0.15) is 23.8 Å². The molecule has 106 valence electrons. The standard InChI is InChI=1S/C13H16N4O3/c1-3-19-13(18)9-10-11(15-7-14-9)16-12(17(10)2)8-5-4-6-20-8/h7-8H,3-6H2,1-2H3. The first-order chi connectivity index (χ1) is 9.72. The minimum atomic E-state index is -0.457. The van der Waals surface area contributed by atoms with Crippen LogP contribution in [-0.2, 0) is 16.5 Å². The summed E-state index contributed by atoms with van der Waals surface area (Å²) in [5.41, 5.74) is 1.34. The second-order valence-corrected chi connectivity index (χ2v) is 4.65. The van der Waals surface area contributed by atoms with Crippen LogP contribution in [0, 0.1) is 0 Å². The summed E-state index contributed by atoms with van der Waals surface area (Å²) in [4.78, 5) is 24.6. The number of hydrogen-bond donors (Lipinski definition) is 0. The number of imidazole rings is 1. The number of hydrogen-bond acceptors (Lipinski definition) is 6. The van der Waals surface area contributed by atoms with Gasteiger partial charge >= 0.3 is 5.97 Å². The minimum Gasteiger partial charge on any atom is -0.461 e. The molecule has 1 atom stereocenters. The number of aromatic nitrogens is 4. The normalized spacial score (nSPS) is 18.6. The van der Waals surface area contributed by atoms with Crippen LogP contribution in [0.5, 0.6) is 0 Å². The zero-order valence-corrected chi connectivity index (χ0v) is 11.5. The average molecular weight is 276 g/mol. The van der Waals surface area contributed by atoms with Gasteiger partial charge in [0.25, 0.3) is 0 Å². The maximum atomic E-state index is 12.0. The molecular formula is C13H16N4O3. The van der Waals surface area contributed by atoms with E-state index in [0.717, 1.165) is 25.3 Å². The van der Waals surface area contributed by atoms with E-state index in [4.69, 9.17) is 9.47 Å². The van der Waals surface area contributed by atoms with Crippen molar-refractivity contribution < 1.29 is 14.3 Å². The molecule has 1 aliphatic heterocycles. The second-order valence-electron chi connectivity index (χ2n) is 4.65. The Morgan fingerprint density at radius 2 is 2.40 bits per heavy atom. The Labute approximate surface area is 115 Å². The van der Waals surface area contributed by atoms with E-state index in [-0.39, 0.29) is 11.8 Å². The van der Waals surface area contributed by atoms with Crippen LogP contribution in [0.1, 0.15) is 42.2 Å². The average Bonchev–Trinajstić information content (AvgIpc) is 3.07. The Balaban J connectivity index is 2.11. The van der Waals surface area contributed by atoms with E-state index in [0.29, 0.717) is 17.8 Å². The molecule has 0 N–H and O–H groups in total. The SMILES string of the molecule is CCOC(=O)c1ncnc2nc(C3CCCO3)n(C)c12. The molecule has 1 unspecified atom stereocenters. The van der Waals surface area contributed by atoms with Crippen molar-refractivity contribution in [3.05, 3.63) is 17.8 Å². The van der Waals surface area contributed by atoms with Gasteiger partial charge in [0.2, 0.25) is 0 Å². The molecule has 0 spiro atoms. The highest BCUT2D eigenvalue weighted by Gasteiger charge is 2.26. The van der Waals surface area contributed by atoms with E-state index in [2.05, 4.69) is 15.0 Å². The Kier molecular flexibility index (Phi) is 3.35. The predicted molar refractivity (Wildman–Crippen MR) is 70.2 cm³/mol. The van der Waals surface area contributed by atoms with Gasteiger partial charge in [-0.1, -0.05) is 0 Å². The summed E-state index contributed by atoms with van der Waals surface area (Å²) in [6.07, 6.45) is 3.24. The van der Waals surface area contributed by atoms with Crippen LogP contribution in [0.15, 0.2) is 6.33 Å². The van der Waals surface area contributed by atoms with Crippen molar-refractivity contribution in [2.75, 3.05) is 13.2 Å². The summed E-state index contributed by atoms with van der Waals surface area (Å²) in [5.74, 6) is 0.324. The summed E-state index contributed by atoms with van der Waals surface area (Å²) in [6, 6.07) is 0. The molecular weight excluding hydrogens is 260 g/mol. The van der Waals surface area contributed by atoms with Gasteiger partial charge in [0, 0.05) is 13.7 Å². The van der Waals surface area contributed by atoms with E-state index in [9.17, 15) is 4.79 Å². The highest BCUT2D eigenvalue weighted by atomic mass is 16.5. The number of rotatable bonds is 3. The van der Waals surface area contributed by atoms with Crippen molar-refractivity contribution in [2.24, 2.45) is 7.05 Å². The Bertz CT molecular complexity index is 646. The first-order valence-corrected chi connectivity index (χ1v) is 6.68. The largest absolute Gasteiger partial charge is 0.461 e. The third-order valence-corrected chi connectivity index (χ3v) is 3.39.